The lowest BCUT2D eigenvalue weighted by atomic mass is 10.1. The predicted octanol–water partition coefficient (Wildman–Crippen LogP) is 3.69. The number of hydrogen-bond donors (Lipinski definition) is 1. The third-order valence-corrected chi connectivity index (χ3v) is 5.45. The third kappa shape index (κ3) is 4.56. The largest absolute Gasteiger partial charge is 0.497 e. The van der Waals surface area contributed by atoms with E-state index < -0.39 is 29.8 Å². The van der Waals surface area contributed by atoms with E-state index in [1.807, 2.05) is 0 Å². The van der Waals surface area contributed by atoms with E-state index in [1.165, 1.54) is 39.3 Å². The van der Waals surface area contributed by atoms with Crippen molar-refractivity contribution in [2.24, 2.45) is 0 Å². The number of rotatable bonds is 7. The topological polar surface area (TPSA) is 111 Å². The van der Waals surface area contributed by atoms with E-state index in [1.54, 1.807) is 48.5 Å². The summed E-state index contributed by atoms with van der Waals surface area (Å²) >= 11 is 0. The molecule has 0 fully saturated rings. The quantitative estimate of drug-likeness (QED) is 0.411. The second kappa shape index (κ2) is 9.68. The highest BCUT2D eigenvalue weighted by molar-refractivity contribution is 6.34. The molecule has 9 heteroatoms. The maximum Gasteiger partial charge on any atom is 0.338 e. The van der Waals surface area contributed by atoms with Gasteiger partial charge in [-0.05, 0) is 49.4 Å². The lowest BCUT2D eigenvalue weighted by Crippen LogP contribution is -2.31. The van der Waals surface area contributed by atoms with Crippen molar-refractivity contribution in [1.29, 1.82) is 0 Å². The number of fused-ring (bicyclic) bond motifs is 1. The normalized spacial score (nSPS) is 13.2. The number of ether oxygens (including phenoxy) is 3. The molecule has 0 aromatic heterocycles. The zero-order valence-corrected chi connectivity index (χ0v) is 19.2. The molecule has 0 bridgehead atoms. The average molecular weight is 474 g/mol. The number of imide groups is 1. The van der Waals surface area contributed by atoms with E-state index in [-0.39, 0.29) is 11.3 Å². The maximum absolute atomic E-state index is 12.7. The van der Waals surface area contributed by atoms with Crippen molar-refractivity contribution in [1.82, 2.24) is 0 Å². The van der Waals surface area contributed by atoms with Crippen molar-refractivity contribution >= 4 is 35.1 Å². The number of carbonyl (C=O) groups is 4. The molecule has 178 valence electrons. The lowest BCUT2D eigenvalue weighted by molar-refractivity contribution is -0.123. The van der Waals surface area contributed by atoms with Gasteiger partial charge in [-0.2, -0.15) is 0 Å². The van der Waals surface area contributed by atoms with E-state index >= 15 is 0 Å². The van der Waals surface area contributed by atoms with Gasteiger partial charge >= 0.3 is 5.97 Å². The van der Waals surface area contributed by atoms with Gasteiger partial charge in [-0.1, -0.05) is 18.2 Å². The summed E-state index contributed by atoms with van der Waals surface area (Å²) in [5, 5.41) is 2.65. The molecule has 0 saturated heterocycles. The second-order valence-corrected chi connectivity index (χ2v) is 7.64. The Morgan fingerprint density at radius 2 is 1.54 bits per heavy atom. The Balaban J connectivity index is 1.48. The Morgan fingerprint density at radius 3 is 2.17 bits per heavy atom. The first kappa shape index (κ1) is 23.5. The zero-order chi connectivity index (χ0) is 25.1. The van der Waals surface area contributed by atoms with Crippen LogP contribution in [0.2, 0.25) is 0 Å². The molecule has 0 saturated carbocycles. The van der Waals surface area contributed by atoms with Gasteiger partial charge in [-0.25, -0.2) is 9.69 Å². The monoisotopic (exact) mass is 474 g/mol. The van der Waals surface area contributed by atoms with Crippen LogP contribution >= 0.6 is 0 Å². The van der Waals surface area contributed by atoms with E-state index in [2.05, 4.69) is 5.32 Å². The molecule has 9 nitrogen and oxygen atoms in total. The van der Waals surface area contributed by atoms with Crippen molar-refractivity contribution in [2.45, 2.75) is 13.0 Å². The molecule has 4 rings (SSSR count). The number of carbonyl (C=O) groups excluding carboxylic acids is 4. The van der Waals surface area contributed by atoms with Crippen molar-refractivity contribution in [2.75, 3.05) is 24.4 Å². The molecular formula is C26H22N2O7. The van der Waals surface area contributed by atoms with Crippen LogP contribution in [-0.2, 0) is 9.53 Å². The number of nitrogens with zero attached hydrogens (tertiary/aromatic N) is 1. The molecule has 0 radical (unpaired) electrons. The fourth-order valence-corrected chi connectivity index (χ4v) is 3.62. The highest BCUT2D eigenvalue weighted by atomic mass is 16.5. The Bertz CT molecular complexity index is 1300. The van der Waals surface area contributed by atoms with Crippen LogP contribution in [0.15, 0.2) is 66.7 Å². The molecule has 3 aromatic carbocycles. The van der Waals surface area contributed by atoms with Crippen LogP contribution in [0.25, 0.3) is 0 Å². The van der Waals surface area contributed by atoms with Gasteiger partial charge < -0.3 is 19.5 Å². The molecule has 1 heterocycles. The number of hydrogen-bond acceptors (Lipinski definition) is 7. The van der Waals surface area contributed by atoms with Crippen LogP contribution in [0.3, 0.4) is 0 Å². The first-order chi connectivity index (χ1) is 16.8. The smallest absolute Gasteiger partial charge is 0.338 e. The molecule has 3 amide bonds. The summed E-state index contributed by atoms with van der Waals surface area (Å²) < 4.78 is 15.7. The fourth-order valence-electron chi connectivity index (χ4n) is 3.62. The summed E-state index contributed by atoms with van der Waals surface area (Å²) in [6.07, 6.45) is -1.15. The van der Waals surface area contributed by atoms with Crippen molar-refractivity contribution in [3.8, 4) is 11.5 Å². The molecule has 0 spiro atoms. The van der Waals surface area contributed by atoms with Gasteiger partial charge in [0.1, 0.15) is 11.5 Å². The van der Waals surface area contributed by atoms with Gasteiger partial charge in [0.25, 0.3) is 17.7 Å². The fraction of sp³-hybridized carbons (Fsp3) is 0.154. The van der Waals surface area contributed by atoms with Crippen molar-refractivity contribution in [3.63, 3.8) is 0 Å². The maximum atomic E-state index is 12.7. The van der Waals surface area contributed by atoms with Gasteiger partial charge in [-0.3, -0.25) is 14.4 Å². The summed E-state index contributed by atoms with van der Waals surface area (Å²) in [6.45, 7) is 1.42. The zero-order valence-electron chi connectivity index (χ0n) is 19.2. The van der Waals surface area contributed by atoms with Gasteiger partial charge in [0.05, 0.1) is 42.3 Å². The van der Waals surface area contributed by atoms with Crippen LogP contribution in [0.5, 0.6) is 11.5 Å². The summed E-state index contributed by atoms with van der Waals surface area (Å²) in [5.41, 5.74) is 1.25. The average Bonchev–Trinajstić information content (AvgIpc) is 3.13. The van der Waals surface area contributed by atoms with Gasteiger partial charge in [0.2, 0.25) is 0 Å². The first-order valence-electron chi connectivity index (χ1n) is 10.7. The Labute approximate surface area is 201 Å². The first-order valence-corrected chi connectivity index (χ1v) is 10.7. The molecule has 1 unspecified atom stereocenters. The van der Waals surface area contributed by atoms with Crippen molar-refractivity contribution < 1.29 is 33.4 Å². The van der Waals surface area contributed by atoms with E-state index in [4.69, 9.17) is 14.2 Å². The Kier molecular flexibility index (Phi) is 6.50. The molecule has 0 aliphatic carbocycles. The lowest BCUT2D eigenvalue weighted by Gasteiger charge is -2.17. The summed E-state index contributed by atoms with van der Waals surface area (Å²) in [4.78, 5) is 51.9. The van der Waals surface area contributed by atoms with Crippen LogP contribution in [0.4, 0.5) is 11.4 Å². The summed E-state index contributed by atoms with van der Waals surface area (Å²) in [5.74, 6) is -1.40. The standard InChI is InChI=1S/C26H22N2O7/c1-15(23(29)27-21-14-18(33-2)11-12-22(21)34-3)35-26(32)16-7-6-8-17(13-16)28-24(30)19-9-4-5-10-20(19)25(28)31/h4-15H,1-3H3,(H,27,29). The minimum atomic E-state index is -1.15. The van der Waals surface area contributed by atoms with E-state index in [0.717, 1.165) is 4.90 Å². The molecule has 1 aliphatic rings. The van der Waals surface area contributed by atoms with Crippen LogP contribution in [-0.4, -0.2) is 44.0 Å². The van der Waals surface area contributed by atoms with Crippen LogP contribution in [0, 0.1) is 0 Å². The Hall–Kier alpha value is -4.66. The van der Waals surface area contributed by atoms with E-state index in [0.29, 0.717) is 28.3 Å². The third-order valence-electron chi connectivity index (χ3n) is 5.45. The van der Waals surface area contributed by atoms with Gasteiger partial charge in [-0.15, -0.1) is 0 Å². The molecule has 3 aromatic rings. The SMILES string of the molecule is COc1ccc(OC)c(NC(=O)C(C)OC(=O)c2cccc(N3C(=O)c4ccccc4C3=O)c2)c1. The summed E-state index contributed by atoms with van der Waals surface area (Å²) in [6, 6.07) is 17.3. The molecular weight excluding hydrogens is 452 g/mol. The number of benzene rings is 3. The highest BCUT2D eigenvalue weighted by Crippen LogP contribution is 2.30. The molecule has 1 atom stereocenters. The minimum Gasteiger partial charge on any atom is -0.497 e. The van der Waals surface area contributed by atoms with Gasteiger partial charge in [0, 0.05) is 6.07 Å². The van der Waals surface area contributed by atoms with E-state index in [9.17, 15) is 19.2 Å². The molecule has 35 heavy (non-hydrogen) atoms. The van der Waals surface area contributed by atoms with Crippen LogP contribution < -0.4 is 19.7 Å². The summed E-state index contributed by atoms with van der Waals surface area (Å²) in [7, 11) is 2.95. The number of amides is 3. The highest BCUT2D eigenvalue weighted by Gasteiger charge is 2.36. The second-order valence-electron chi connectivity index (χ2n) is 7.64. The number of anilines is 2. The molecule has 1 aliphatic heterocycles. The predicted molar refractivity (Wildman–Crippen MR) is 127 cm³/mol. The molecule has 1 N–H and O–H groups in total. The minimum absolute atomic E-state index is 0.0812. The number of nitrogens with one attached hydrogen (secondary N) is 1. The Morgan fingerprint density at radius 1 is 0.857 bits per heavy atom. The van der Waals surface area contributed by atoms with Gasteiger partial charge in [0.15, 0.2) is 6.10 Å². The van der Waals surface area contributed by atoms with Crippen molar-refractivity contribution in [3.05, 3.63) is 83.4 Å². The number of methoxy groups -OCH3 is 2. The van der Waals surface area contributed by atoms with Crippen LogP contribution in [0.1, 0.15) is 38.0 Å². The number of esters is 1.